The molecule has 4 heteroatoms. The Bertz CT molecular complexity index is 232. The lowest BCUT2D eigenvalue weighted by Crippen LogP contribution is -2.08. The van der Waals surface area contributed by atoms with Gasteiger partial charge >= 0.3 is 0 Å². The SMILES string of the molecule is Cc1cc(C)n(CCCN)n1.Cl. The third kappa shape index (κ3) is 2.83. The standard InChI is InChI=1S/C8H15N3.ClH/c1-7-6-8(2)11(10-7)5-3-4-9;/h6H,3-5,9H2,1-2H3;1H. The van der Waals surface area contributed by atoms with E-state index in [0.717, 1.165) is 25.2 Å². The summed E-state index contributed by atoms with van der Waals surface area (Å²) >= 11 is 0. The molecule has 0 amide bonds. The van der Waals surface area contributed by atoms with Crippen molar-refractivity contribution in [2.75, 3.05) is 6.54 Å². The van der Waals surface area contributed by atoms with Crippen molar-refractivity contribution in [3.05, 3.63) is 17.5 Å². The highest BCUT2D eigenvalue weighted by atomic mass is 35.5. The van der Waals surface area contributed by atoms with Gasteiger partial charge in [-0.25, -0.2) is 0 Å². The molecule has 0 spiro atoms. The van der Waals surface area contributed by atoms with Gasteiger partial charge in [0.25, 0.3) is 0 Å². The molecule has 1 rings (SSSR count). The van der Waals surface area contributed by atoms with Gasteiger partial charge in [0.05, 0.1) is 5.69 Å². The highest BCUT2D eigenvalue weighted by Crippen LogP contribution is 2.01. The van der Waals surface area contributed by atoms with Crippen LogP contribution in [0.4, 0.5) is 0 Å². The van der Waals surface area contributed by atoms with Crippen molar-refractivity contribution in [3.63, 3.8) is 0 Å². The topological polar surface area (TPSA) is 43.8 Å². The van der Waals surface area contributed by atoms with Gasteiger partial charge in [0.2, 0.25) is 0 Å². The Morgan fingerprint density at radius 2 is 2.17 bits per heavy atom. The van der Waals surface area contributed by atoms with Gasteiger partial charge in [-0.05, 0) is 32.9 Å². The van der Waals surface area contributed by atoms with Gasteiger partial charge in [0, 0.05) is 12.2 Å². The average molecular weight is 190 g/mol. The monoisotopic (exact) mass is 189 g/mol. The first-order valence-electron chi connectivity index (χ1n) is 3.95. The molecule has 0 bridgehead atoms. The predicted molar refractivity (Wildman–Crippen MR) is 52.6 cm³/mol. The fourth-order valence-corrected chi connectivity index (χ4v) is 1.14. The lowest BCUT2D eigenvalue weighted by atomic mass is 10.4. The first-order valence-corrected chi connectivity index (χ1v) is 3.95. The lowest BCUT2D eigenvalue weighted by molar-refractivity contribution is 0.568. The molecule has 1 aromatic heterocycles. The number of rotatable bonds is 3. The second kappa shape index (κ2) is 5.17. The van der Waals surface area contributed by atoms with E-state index in [1.807, 2.05) is 11.6 Å². The van der Waals surface area contributed by atoms with E-state index in [2.05, 4.69) is 18.1 Å². The Hall–Kier alpha value is -0.540. The minimum atomic E-state index is 0. The van der Waals surface area contributed by atoms with Gasteiger partial charge in [-0.3, -0.25) is 4.68 Å². The summed E-state index contributed by atoms with van der Waals surface area (Å²) in [5.41, 5.74) is 7.69. The van der Waals surface area contributed by atoms with Crippen LogP contribution < -0.4 is 5.73 Å². The van der Waals surface area contributed by atoms with E-state index in [4.69, 9.17) is 5.73 Å². The molecule has 3 nitrogen and oxygen atoms in total. The van der Waals surface area contributed by atoms with Crippen molar-refractivity contribution < 1.29 is 0 Å². The average Bonchev–Trinajstić information content (AvgIpc) is 2.26. The number of nitrogens with two attached hydrogens (primary N) is 1. The van der Waals surface area contributed by atoms with Crippen LogP contribution in [0.3, 0.4) is 0 Å². The Kier molecular flexibility index (Phi) is 4.93. The molecule has 1 aromatic rings. The van der Waals surface area contributed by atoms with Crippen molar-refractivity contribution in [2.45, 2.75) is 26.8 Å². The normalized spacial score (nSPS) is 9.58. The number of aryl methyl sites for hydroxylation is 3. The third-order valence-electron chi connectivity index (χ3n) is 1.68. The van der Waals surface area contributed by atoms with Gasteiger partial charge in [-0.15, -0.1) is 12.4 Å². The van der Waals surface area contributed by atoms with Gasteiger partial charge in [-0.2, -0.15) is 5.10 Å². The molecule has 0 radical (unpaired) electrons. The summed E-state index contributed by atoms with van der Waals surface area (Å²) in [7, 11) is 0. The Balaban J connectivity index is 0.00000121. The highest BCUT2D eigenvalue weighted by molar-refractivity contribution is 5.85. The van der Waals surface area contributed by atoms with Crippen LogP contribution in [0.15, 0.2) is 6.07 Å². The maximum Gasteiger partial charge on any atom is 0.0596 e. The van der Waals surface area contributed by atoms with Crippen LogP contribution in [-0.4, -0.2) is 16.3 Å². The minimum Gasteiger partial charge on any atom is -0.330 e. The quantitative estimate of drug-likeness (QED) is 0.779. The van der Waals surface area contributed by atoms with Crippen LogP contribution in [0.5, 0.6) is 0 Å². The fraction of sp³-hybridized carbons (Fsp3) is 0.625. The molecule has 12 heavy (non-hydrogen) atoms. The molecule has 0 aliphatic rings. The Labute approximate surface area is 79.4 Å². The molecule has 0 saturated carbocycles. The van der Waals surface area contributed by atoms with Crippen molar-refractivity contribution >= 4 is 12.4 Å². The van der Waals surface area contributed by atoms with Gasteiger partial charge in [0.15, 0.2) is 0 Å². The zero-order valence-electron chi connectivity index (χ0n) is 7.58. The number of aromatic nitrogens is 2. The summed E-state index contributed by atoms with van der Waals surface area (Å²) in [5, 5.41) is 4.31. The summed E-state index contributed by atoms with van der Waals surface area (Å²) < 4.78 is 2.00. The molecular formula is C8H16ClN3. The Morgan fingerprint density at radius 3 is 2.58 bits per heavy atom. The van der Waals surface area contributed by atoms with Crippen LogP contribution in [0, 0.1) is 13.8 Å². The summed E-state index contributed by atoms with van der Waals surface area (Å²) in [6, 6.07) is 2.08. The summed E-state index contributed by atoms with van der Waals surface area (Å²) in [6.45, 7) is 5.75. The molecule has 0 saturated heterocycles. The number of nitrogens with zero attached hydrogens (tertiary/aromatic N) is 2. The van der Waals surface area contributed by atoms with Crippen LogP contribution in [0.25, 0.3) is 0 Å². The minimum absolute atomic E-state index is 0. The van der Waals surface area contributed by atoms with E-state index < -0.39 is 0 Å². The van der Waals surface area contributed by atoms with Gasteiger partial charge in [-0.1, -0.05) is 0 Å². The van der Waals surface area contributed by atoms with E-state index >= 15 is 0 Å². The summed E-state index contributed by atoms with van der Waals surface area (Å²) in [4.78, 5) is 0. The zero-order chi connectivity index (χ0) is 8.27. The van der Waals surface area contributed by atoms with Crippen LogP contribution in [-0.2, 0) is 6.54 Å². The van der Waals surface area contributed by atoms with E-state index in [0.29, 0.717) is 0 Å². The van der Waals surface area contributed by atoms with E-state index in [9.17, 15) is 0 Å². The molecule has 1 heterocycles. The molecule has 0 fully saturated rings. The zero-order valence-corrected chi connectivity index (χ0v) is 8.40. The van der Waals surface area contributed by atoms with Crippen molar-refractivity contribution in [3.8, 4) is 0 Å². The smallest absolute Gasteiger partial charge is 0.0596 e. The van der Waals surface area contributed by atoms with Crippen LogP contribution in [0.1, 0.15) is 17.8 Å². The largest absolute Gasteiger partial charge is 0.330 e. The second-order valence-corrected chi connectivity index (χ2v) is 2.79. The predicted octanol–water partition coefficient (Wildman–Crippen LogP) is 1.27. The molecule has 0 atom stereocenters. The van der Waals surface area contributed by atoms with E-state index in [1.165, 1.54) is 5.69 Å². The third-order valence-corrected chi connectivity index (χ3v) is 1.68. The van der Waals surface area contributed by atoms with E-state index in [-0.39, 0.29) is 12.4 Å². The van der Waals surface area contributed by atoms with Gasteiger partial charge in [0.1, 0.15) is 0 Å². The lowest BCUT2D eigenvalue weighted by Gasteiger charge is -2.00. The number of hydrogen-bond donors (Lipinski definition) is 1. The molecular weight excluding hydrogens is 174 g/mol. The maximum absolute atomic E-state index is 5.39. The van der Waals surface area contributed by atoms with Crippen LogP contribution >= 0.6 is 12.4 Å². The number of halogens is 1. The van der Waals surface area contributed by atoms with Crippen LogP contribution in [0.2, 0.25) is 0 Å². The van der Waals surface area contributed by atoms with E-state index in [1.54, 1.807) is 0 Å². The van der Waals surface area contributed by atoms with Crippen molar-refractivity contribution in [1.82, 2.24) is 9.78 Å². The fourth-order valence-electron chi connectivity index (χ4n) is 1.14. The van der Waals surface area contributed by atoms with Crippen molar-refractivity contribution in [1.29, 1.82) is 0 Å². The van der Waals surface area contributed by atoms with Gasteiger partial charge < -0.3 is 5.73 Å². The second-order valence-electron chi connectivity index (χ2n) is 2.79. The molecule has 0 aromatic carbocycles. The summed E-state index contributed by atoms with van der Waals surface area (Å²) in [5.74, 6) is 0. The molecule has 70 valence electrons. The molecule has 0 unspecified atom stereocenters. The van der Waals surface area contributed by atoms with Crippen molar-refractivity contribution in [2.24, 2.45) is 5.73 Å². The first kappa shape index (κ1) is 11.5. The Morgan fingerprint density at radius 1 is 1.50 bits per heavy atom. The maximum atomic E-state index is 5.39. The number of hydrogen-bond acceptors (Lipinski definition) is 2. The first-order chi connectivity index (χ1) is 5.24. The highest BCUT2D eigenvalue weighted by Gasteiger charge is 1.98. The molecule has 0 aliphatic carbocycles. The molecule has 0 aliphatic heterocycles. The molecule has 2 N–H and O–H groups in total. The summed E-state index contributed by atoms with van der Waals surface area (Å²) in [6.07, 6.45) is 1.00.